The zero-order valence-electron chi connectivity index (χ0n) is 6.08. The maximum absolute atomic E-state index is 5.75. The molecule has 0 radical (unpaired) electrons. The number of hydrogen-bond donors (Lipinski definition) is 2. The first kappa shape index (κ1) is 10.7. The molecule has 13 heavy (non-hydrogen) atoms. The van der Waals surface area contributed by atoms with Crippen molar-refractivity contribution < 1.29 is 0 Å². The molecule has 0 bridgehead atoms. The molecule has 0 spiro atoms. The number of fused-ring (bicyclic) bond motifs is 1. The van der Waals surface area contributed by atoms with E-state index in [4.69, 9.17) is 17.3 Å². The van der Waals surface area contributed by atoms with Crippen LogP contribution in [-0.2, 0) is 0 Å². The third-order valence-corrected chi connectivity index (χ3v) is 1.94. The summed E-state index contributed by atoms with van der Waals surface area (Å²) in [5.41, 5.74) is 6.40. The first-order valence-corrected chi connectivity index (χ1v) is 4.18. The van der Waals surface area contributed by atoms with Gasteiger partial charge in [0.05, 0.1) is 0 Å². The zero-order valence-corrected chi connectivity index (χ0v) is 10.1. The molecule has 2 aromatic rings. The second-order valence-corrected chi connectivity index (χ2v) is 3.21. The number of aromatic amines is 1. The largest absolute Gasteiger partial charge is 0.368 e. The average Bonchev–Trinajstić information content (AvgIpc) is 2.29. The van der Waals surface area contributed by atoms with Gasteiger partial charge in [-0.15, -0.1) is 17.0 Å². The van der Waals surface area contributed by atoms with Gasteiger partial charge in [-0.3, -0.25) is 0 Å². The summed E-state index contributed by atoms with van der Waals surface area (Å²) in [4.78, 5) is 14.4. The van der Waals surface area contributed by atoms with Gasteiger partial charge in [0, 0.05) is 0 Å². The molecule has 2 heterocycles. The van der Waals surface area contributed by atoms with Gasteiger partial charge in [0.15, 0.2) is 15.5 Å². The van der Waals surface area contributed by atoms with E-state index in [0.717, 1.165) is 0 Å². The van der Waals surface area contributed by atoms with E-state index in [-0.39, 0.29) is 28.1 Å². The lowest BCUT2D eigenvalue weighted by atomic mass is 10.6. The monoisotopic (exact) mass is 327 g/mol. The number of nitrogen functional groups attached to an aromatic ring is 1. The van der Waals surface area contributed by atoms with E-state index in [1.807, 2.05) is 0 Å². The van der Waals surface area contributed by atoms with E-state index in [2.05, 4.69) is 35.9 Å². The van der Waals surface area contributed by atoms with Crippen LogP contribution in [0.25, 0.3) is 11.2 Å². The van der Waals surface area contributed by atoms with Crippen LogP contribution in [0.3, 0.4) is 0 Å². The highest BCUT2D eigenvalue weighted by Crippen LogP contribution is 2.20. The van der Waals surface area contributed by atoms with Crippen molar-refractivity contribution in [1.82, 2.24) is 19.9 Å². The van der Waals surface area contributed by atoms with E-state index in [1.165, 1.54) is 0 Å². The maximum atomic E-state index is 5.75. The minimum absolute atomic E-state index is 0. The first-order chi connectivity index (χ1) is 5.66. The van der Waals surface area contributed by atoms with Crippen molar-refractivity contribution in [3.05, 3.63) is 9.89 Å². The number of rotatable bonds is 0. The standard InChI is InChI=1S/C5H3BrClN5.BrH/c6-4-9-1-2(7)10-5(8)12-3(1)11-4;/h(H3,8,9,10,11,12);1H. The SMILES string of the molecule is Br.Nc1nc(Cl)c2[nH]c(Br)nc2n1. The van der Waals surface area contributed by atoms with Crippen molar-refractivity contribution in [3.63, 3.8) is 0 Å². The minimum atomic E-state index is 0. The molecular weight excluding hydrogens is 325 g/mol. The van der Waals surface area contributed by atoms with E-state index in [1.54, 1.807) is 0 Å². The lowest BCUT2D eigenvalue weighted by Gasteiger charge is -1.92. The van der Waals surface area contributed by atoms with Gasteiger partial charge in [-0.1, -0.05) is 11.6 Å². The zero-order chi connectivity index (χ0) is 8.72. The predicted molar refractivity (Wildman–Crippen MR) is 59.1 cm³/mol. The molecule has 0 aromatic carbocycles. The number of aromatic nitrogens is 4. The molecule has 2 rings (SSSR count). The van der Waals surface area contributed by atoms with Gasteiger partial charge >= 0.3 is 0 Å². The fraction of sp³-hybridized carbons (Fsp3) is 0. The summed E-state index contributed by atoms with van der Waals surface area (Å²) < 4.78 is 0.555. The van der Waals surface area contributed by atoms with Crippen molar-refractivity contribution in [2.45, 2.75) is 0 Å². The normalized spacial score (nSPS) is 10.0. The number of nitrogens with one attached hydrogen (secondary N) is 1. The van der Waals surface area contributed by atoms with E-state index < -0.39 is 0 Å². The molecule has 70 valence electrons. The molecule has 0 atom stereocenters. The Morgan fingerprint density at radius 1 is 1.31 bits per heavy atom. The van der Waals surface area contributed by atoms with Crippen LogP contribution in [0.15, 0.2) is 4.73 Å². The molecule has 2 aromatic heterocycles. The molecule has 0 unspecified atom stereocenters. The molecule has 3 N–H and O–H groups in total. The summed E-state index contributed by atoms with van der Waals surface area (Å²) in [7, 11) is 0. The van der Waals surface area contributed by atoms with Crippen LogP contribution in [0, 0.1) is 0 Å². The molecule has 5 nitrogen and oxygen atoms in total. The summed E-state index contributed by atoms with van der Waals surface area (Å²) in [6, 6.07) is 0. The molecule has 0 fully saturated rings. The number of nitrogens with two attached hydrogens (primary N) is 1. The molecular formula is C5H4Br2ClN5. The quantitative estimate of drug-likeness (QED) is 0.572. The molecule has 0 amide bonds. The second-order valence-electron chi connectivity index (χ2n) is 2.10. The van der Waals surface area contributed by atoms with Gasteiger partial charge in [-0.2, -0.15) is 9.97 Å². The summed E-state index contributed by atoms with van der Waals surface area (Å²) in [6.45, 7) is 0. The van der Waals surface area contributed by atoms with Gasteiger partial charge in [0.1, 0.15) is 5.52 Å². The fourth-order valence-corrected chi connectivity index (χ4v) is 1.44. The van der Waals surface area contributed by atoms with Gasteiger partial charge in [-0.05, 0) is 15.9 Å². The Morgan fingerprint density at radius 2 is 2.00 bits per heavy atom. The van der Waals surface area contributed by atoms with Crippen LogP contribution in [0.5, 0.6) is 0 Å². The smallest absolute Gasteiger partial charge is 0.223 e. The first-order valence-electron chi connectivity index (χ1n) is 3.01. The topological polar surface area (TPSA) is 80.5 Å². The average molecular weight is 329 g/mol. The van der Waals surface area contributed by atoms with Crippen molar-refractivity contribution in [2.24, 2.45) is 0 Å². The number of halogens is 3. The molecule has 0 aliphatic carbocycles. The van der Waals surface area contributed by atoms with Crippen LogP contribution < -0.4 is 5.73 Å². The predicted octanol–water partition coefficient (Wildman–Crippen LogP) is 1.93. The van der Waals surface area contributed by atoms with Crippen LogP contribution in [0.4, 0.5) is 5.95 Å². The van der Waals surface area contributed by atoms with Crippen LogP contribution in [-0.4, -0.2) is 19.9 Å². The van der Waals surface area contributed by atoms with Gasteiger partial charge in [0.2, 0.25) is 5.95 Å². The van der Waals surface area contributed by atoms with Crippen molar-refractivity contribution in [3.8, 4) is 0 Å². The van der Waals surface area contributed by atoms with Crippen molar-refractivity contribution >= 4 is 61.6 Å². The van der Waals surface area contributed by atoms with E-state index >= 15 is 0 Å². The summed E-state index contributed by atoms with van der Waals surface area (Å²) in [5.74, 6) is 0.117. The number of H-pyrrole nitrogens is 1. The molecule has 0 aliphatic rings. The highest BCUT2D eigenvalue weighted by atomic mass is 79.9. The Morgan fingerprint density at radius 3 is 2.69 bits per heavy atom. The van der Waals surface area contributed by atoms with Crippen molar-refractivity contribution in [1.29, 1.82) is 0 Å². The molecule has 0 saturated heterocycles. The number of anilines is 1. The highest BCUT2D eigenvalue weighted by molar-refractivity contribution is 9.10. The molecule has 0 aliphatic heterocycles. The maximum Gasteiger partial charge on any atom is 0.223 e. The van der Waals surface area contributed by atoms with Gasteiger partial charge in [-0.25, -0.2) is 4.98 Å². The lowest BCUT2D eigenvalue weighted by molar-refractivity contribution is 1.21. The number of imidazole rings is 1. The lowest BCUT2D eigenvalue weighted by Crippen LogP contribution is -1.94. The number of hydrogen-bond acceptors (Lipinski definition) is 4. The summed E-state index contributed by atoms with van der Waals surface area (Å²) in [6.07, 6.45) is 0. The molecule has 8 heteroatoms. The van der Waals surface area contributed by atoms with Gasteiger partial charge < -0.3 is 10.7 Å². The van der Waals surface area contributed by atoms with Crippen LogP contribution >= 0.6 is 44.5 Å². The molecule has 0 saturated carbocycles. The minimum Gasteiger partial charge on any atom is -0.368 e. The third-order valence-electron chi connectivity index (χ3n) is 1.30. The Balaban J connectivity index is 0.000000845. The second kappa shape index (κ2) is 3.77. The Kier molecular flexibility index (Phi) is 3.09. The fourth-order valence-electron chi connectivity index (χ4n) is 0.851. The van der Waals surface area contributed by atoms with Gasteiger partial charge in [0.25, 0.3) is 0 Å². The Hall–Kier alpha value is -0.400. The third kappa shape index (κ3) is 1.92. The van der Waals surface area contributed by atoms with Crippen LogP contribution in [0.2, 0.25) is 5.15 Å². The Labute approximate surface area is 97.0 Å². The van der Waals surface area contributed by atoms with Crippen LogP contribution in [0.1, 0.15) is 0 Å². The highest BCUT2D eigenvalue weighted by Gasteiger charge is 2.07. The number of nitrogens with zero attached hydrogens (tertiary/aromatic N) is 3. The Bertz CT molecular complexity index is 442. The van der Waals surface area contributed by atoms with E-state index in [0.29, 0.717) is 15.9 Å². The summed E-state index contributed by atoms with van der Waals surface area (Å²) >= 11 is 8.90. The van der Waals surface area contributed by atoms with Crippen molar-refractivity contribution in [2.75, 3.05) is 5.73 Å². The summed E-state index contributed by atoms with van der Waals surface area (Å²) in [5, 5.41) is 0.274. The van der Waals surface area contributed by atoms with E-state index in [9.17, 15) is 0 Å².